The molecule has 1 aliphatic heterocycles. The van der Waals surface area contributed by atoms with Crippen LogP contribution in [0.25, 0.3) is 0 Å². The van der Waals surface area contributed by atoms with Crippen LogP contribution < -0.4 is 0 Å². The predicted molar refractivity (Wildman–Crippen MR) is 79.8 cm³/mol. The summed E-state index contributed by atoms with van der Waals surface area (Å²) in [5, 5.41) is 9.44. The lowest BCUT2D eigenvalue weighted by Gasteiger charge is -2.40. The van der Waals surface area contributed by atoms with Gasteiger partial charge in [0.15, 0.2) is 0 Å². The summed E-state index contributed by atoms with van der Waals surface area (Å²) in [6.45, 7) is 7.93. The van der Waals surface area contributed by atoms with Crippen molar-refractivity contribution < 1.29 is 14.3 Å². The quantitative estimate of drug-likeness (QED) is 0.922. The second-order valence-corrected chi connectivity index (χ2v) is 5.89. The van der Waals surface area contributed by atoms with Crippen LogP contribution in [0.1, 0.15) is 29.8 Å². The molecule has 5 heteroatoms. The fraction of sp³-hybridized carbons (Fsp3) is 0.562. The van der Waals surface area contributed by atoms with Crippen LogP contribution in [0.15, 0.2) is 18.2 Å². The maximum Gasteiger partial charge on any atom is 0.257 e. The first-order valence-corrected chi connectivity index (χ1v) is 7.36. The minimum absolute atomic E-state index is 0.00455. The molecule has 1 saturated heterocycles. The van der Waals surface area contributed by atoms with Gasteiger partial charge in [0.1, 0.15) is 5.82 Å². The predicted octanol–water partition coefficient (Wildman–Crippen LogP) is 1.66. The SMILES string of the molecule is Cc1cccc(C(=O)N2CCN(CC(C)O)CC2C)c1F. The zero-order valence-corrected chi connectivity index (χ0v) is 12.8. The number of carbonyl (C=O) groups is 1. The highest BCUT2D eigenvalue weighted by Crippen LogP contribution is 2.18. The zero-order valence-electron chi connectivity index (χ0n) is 12.8. The van der Waals surface area contributed by atoms with Gasteiger partial charge in [0.05, 0.1) is 11.7 Å². The van der Waals surface area contributed by atoms with Crippen molar-refractivity contribution in [3.63, 3.8) is 0 Å². The average Bonchev–Trinajstić information content (AvgIpc) is 2.40. The number of rotatable bonds is 3. The number of β-amino-alcohol motifs (C(OH)–C–C–N with tert-alkyl or cyclic N) is 1. The summed E-state index contributed by atoms with van der Waals surface area (Å²) >= 11 is 0. The van der Waals surface area contributed by atoms with E-state index < -0.39 is 5.82 Å². The molecule has 0 saturated carbocycles. The highest BCUT2D eigenvalue weighted by Gasteiger charge is 2.29. The maximum atomic E-state index is 14.1. The van der Waals surface area contributed by atoms with Gasteiger partial charge >= 0.3 is 0 Å². The Kier molecular flexibility index (Phi) is 4.96. The summed E-state index contributed by atoms with van der Waals surface area (Å²) in [5.41, 5.74) is 0.632. The third-order valence-corrected chi connectivity index (χ3v) is 3.92. The Balaban J connectivity index is 2.09. The molecule has 1 aromatic rings. The standard InChI is InChI=1S/C16H23FN2O2/c1-11-5-4-6-14(15(11)17)16(21)19-8-7-18(9-12(19)2)10-13(3)20/h4-6,12-13,20H,7-10H2,1-3H3. The first-order chi connectivity index (χ1) is 9.90. The fourth-order valence-electron chi connectivity index (χ4n) is 2.84. The zero-order chi connectivity index (χ0) is 15.6. The molecular formula is C16H23FN2O2. The molecule has 0 radical (unpaired) electrons. The van der Waals surface area contributed by atoms with Crippen LogP contribution in [0, 0.1) is 12.7 Å². The Hall–Kier alpha value is -1.46. The molecular weight excluding hydrogens is 271 g/mol. The molecule has 1 fully saturated rings. The van der Waals surface area contributed by atoms with E-state index in [-0.39, 0.29) is 23.6 Å². The van der Waals surface area contributed by atoms with Crippen LogP contribution in [0.3, 0.4) is 0 Å². The Bertz CT molecular complexity index is 519. The van der Waals surface area contributed by atoms with Crippen molar-refractivity contribution in [1.29, 1.82) is 0 Å². The van der Waals surface area contributed by atoms with Crippen LogP contribution in [-0.4, -0.2) is 59.1 Å². The molecule has 0 aromatic heterocycles. The van der Waals surface area contributed by atoms with E-state index in [4.69, 9.17) is 0 Å². The lowest BCUT2D eigenvalue weighted by molar-refractivity contribution is 0.0379. The van der Waals surface area contributed by atoms with Gasteiger partial charge in [-0.2, -0.15) is 0 Å². The third-order valence-electron chi connectivity index (χ3n) is 3.92. The van der Waals surface area contributed by atoms with Crippen molar-refractivity contribution in [3.8, 4) is 0 Å². The molecule has 0 aliphatic carbocycles. The molecule has 1 aliphatic rings. The van der Waals surface area contributed by atoms with Crippen molar-refractivity contribution in [2.75, 3.05) is 26.2 Å². The topological polar surface area (TPSA) is 43.8 Å². The van der Waals surface area contributed by atoms with Crippen LogP contribution in [-0.2, 0) is 0 Å². The highest BCUT2D eigenvalue weighted by atomic mass is 19.1. The number of aliphatic hydroxyl groups is 1. The van der Waals surface area contributed by atoms with Gasteiger partial charge in [-0.05, 0) is 32.4 Å². The molecule has 116 valence electrons. The second kappa shape index (κ2) is 6.54. The van der Waals surface area contributed by atoms with Gasteiger partial charge in [-0.25, -0.2) is 4.39 Å². The van der Waals surface area contributed by atoms with Gasteiger partial charge in [-0.3, -0.25) is 9.69 Å². The van der Waals surface area contributed by atoms with Crippen LogP contribution in [0.2, 0.25) is 0 Å². The number of hydrogen-bond donors (Lipinski definition) is 1. The number of nitrogens with zero attached hydrogens (tertiary/aromatic N) is 2. The molecule has 2 rings (SSSR count). The first-order valence-electron chi connectivity index (χ1n) is 7.36. The van der Waals surface area contributed by atoms with Crippen molar-refractivity contribution >= 4 is 5.91 Å². The number of aliphatic hydroxyl groups excluding tert-OH is 1. The molecule has 4 nitrogen and oxygen atoms in total. The molecule has 1 aromatic carbocycles. The lowest BCUT2D eigenvalue weighted by atomic mass is 10.1. The van der Waals surface area contributed by atoms with Crippen LogP contribution in [0.5, 0.6) is 0 Å². The minimum atomic E-state index is -0.430. The Morgan fingerprint density at radius 3 is 2.81 bits per heavy atom. The number of piperazine rings is 1. The van der Waals surface area contributed by atoms with Crippen molar-refractivity contribution in [3.05, 3.63) is 35.1 Å². The molecule has 2 unspecified atom stereocenters. The van der Waals surface area contributed by atoms with E-state index in [0.717, 1.165) is 0 Å². The largest absolute Gasteiger partial charge is 0.392 e. The van der Waals surface area contributed by atoms with Crippen molar-refractivity contribution in [2.24, 2.45) is 0 Å². The van der Waals surface area contributed by atoms with Gasteiger partial charge in [0.25, 0.3) is 5.91 Å². The average molecular weight is 294 g/mol. The third kappa shape index (κ3) is 3.60. The number of benzene rings is 1. The fourth-order valence-corrected chi connectivity index (χ4v) is 2.84. The summed E-state index contributed by atoms with van der Waals surface area (Å²) in [6.07, 6.45) is -0.381. The summed E-state index contributed by atoms with van der Waals surface area (Å²) in [5.74, 6) is -0.679. The number of aryl methyl sites for hydroxylation is 1. The van der Waals surface area contributed by atoms with Gasteiger partial charge in [0.2, 0.25) is 0 Å². The van der Waals surface area contributed by atoms with E-state index >= 15 is 0 Å². The van der Waals surface area contributed by atoms with E-state index in [9.17, 15) is 14.3 Å². The van der Waals surface area contributed by atoms with Gasteiger partial charge in [-0.1, -0.05) is 12.1 Å². The minimum Gasteiger partial charge on any atom is -0.392 e. The van der Waals surface area contributed by atoms with Crippen molar-refractivity contribution in [2.45, 2.75) is 32.9 Å². The van der Waals surface area contributed by atoms with E-state index in [1.54, 1.807) is 36.9 Å². The Labute approximate surface area is 125 Å². The molecule has 2 atom stereocenters. The lowest BCUT2D eigenvalue weighted by Crippen LogP contribution is -2.55. The van der Waals surface area contributed by atoms with E-state index in [2.05, 4.69) is 4.90 Å². The molecule has 1 heterocycles. The summed E-state index contributed by atoms with van der Waals surface area (Å²) in [4.78, 5) is 16.4. The Morgan fingerprint density at radius 2 is 2.19 bits per heavy atom. The van der Waals surface area contributed by atoms with Crippen LogP contribution >= 0.6 is 0 Å². The maximum absolute atomic E-state index is 14.1. The monoisotopic (exact) mass is 294 g/mol. The van der Waals surface area contributed by atoms with Gasteiger partial charge in [-0.15, -0.1) is 0 Å². The number of amides is 1. The summed E-state index contributed by atoms with van der Waals surface area (Å²) in [7, 11) is 0. The van der Waals surface area contributed by atoms with Gasteiger partial charge < -0.3 is 10.0 Å². The summed E-state index contributed by atoms with van der Waals surface area (Å²) in [6, 6.07) is 4.92. The molecule has 1 N–H and O–H groups in total. The normalized spacial score (nSPS) is 21.4. The van der Waals surface area contributed by atoms with E-state index in [1.807, 2.05) is 6.92 Å². The second-order valence-electron chi connectivity index (χ2n) is 5.89. The number of halogens is 1. The van der Waals surface area contributed by atoms with Crippen LogP contribution in [0.4, 0.5) is 4.39 Å². The van der Waals surface area contributed by atoms with Crippen molar-refractivity contribution in [1.82, 2.24) is 9.80 Å². The van der Waals surface area contributed by atoms with Gasteiger partial charge in [0, 0.05) is 32.2 Å². The number of hydrogen-bond acceptors (Lipinski definition) is 3. The Morgan fingerprint density at radius 1 is 1.48 bits per heavy atom. The van der Waals surface area contributed by atoms with E-state index in [1.165, 1.54) is 0 Å². The van der Waals surface area contributed by atoms with E-state index in [0.29, 0.717) is 31.7 Å². The first kappa shape index (κ1) is 15.9. The molecule has 0 spiro atoms. The molecule has 0 bridgehead atoms. The summed E-state index contributed by atoms with van der Waals surface area (Å²) < 4.78 is 14.1. The molecule has 21 heavy (non-hydrogen) atoms. The highest BCUT2D eigenvalue weighted by molar-refractivity contribution is 5.95. The number of carbonyl (C=O) groups excluding carboxylic acids is 1. The smallest absolute Gasteiger partial charge is 0.257 e. The molecule has 1 amide bonds.